The number of anilines is 1. The van der Waals surface area contributed by atoms with Crippen LogP contribution in [0.5, 0.6) is 0 Å². The van der Waals surface area contributed by atoms with Crippen molar-refractivity contribution < 1.29 is 14.3 Å². The Balaban J connectivity index is 2.26. The standard InChI is InChI=1S/C15H11FN4O2/c16-10-4-2-6-12(8-10)20-14(13(15(21)22)18-19-20)9-3-1-5-11(17)7-9/h1-8H,17H2,(H,21,22). The number of nitrogens with two attached hydrogens (primary N) is 1. The number of halogens is 1. The fraction of sp³-hybridized carbons (Fsp3) is 0. The zero-order valence-electron chi connectivity index (χ0n) is 11.3. The Hall–Kier alpha value is -3.22. The van der Waals surface area contributed by atoms with E-state index in [9.17, 15) is 14.3 Å². The van der Waals surface area contributed by atoms with Gasteiger partial charge in [0.1, 0.15) is 11.5 Å². The maximum absolute atomic E-state index is 13.4. The van der Waals surface area contributed by atoms with Gasteiger partial charge in [-0.3, -0.25) is 0 Å². The summed E-state index contributed by atoms with van der Waals surface area (Å²) in [5.41, 5.74) is 7.14. The van der Waals surface area contributed by atoms with Crippen LogP contribution in [0.3, 0.4) is 0 Å². The van der Waals surface area contributed by atoms with Crippen molar-refractivity contribution in [2.24, 2.45) is 0 Å². The Morgan fingerprint density at radius 1 is 1.18 bits per heavy atom. The summed E-state index contributed by atoms with van der Waals surface area (Å²) in [5.74, 6) is -1.68. The number of carboxylic acids is 1. The summed E-state index contributed by atoms with van der Waals surface area (Å²) in [4.78, 5) is 11.4. The molecule has 1 heterocycles. The van der Waals surface area contributed by atoms with Crippen LogP contribution in [0.25, 0.3) is 16.9 Å². The first kappa shape index (κ1) is 13.7. The predicted molar refractivity (Wildman–Crippen MR) is 78.1 cm³/mol. The summed E-state index contributed by atoms with van der Waals surface area (Å²) in [6, 6.07) is 12.3. The first-order valence-corrected chi connectivity index (χ1v) is 6.37. The van der Waals surface area contributed by atoms with Crippen molar-refractivity contribution in [3.05, 3.63) is 60.0 Å². The Kier molecular flexibility index (Phi) is 3.30. The van der Waals surface area contributed by atoms with Crippen LogP contribution in [-0.2, 0) is 0 Å². The van der Waals surface area contributed by atoms with E-state index >= 15 is 0 Å². The molecule has 1 aromatic heterocycles. The number of aromatic carboxylic acids is 1. The Bertz CT molecular complexity index is 860. The van der Waals surface area contributed by atoms with Crippen LogP contribution in [0.1, 0.15) is 10.5 Å². The SMILES string of the molecule is Nc1cccc(-c2c(C(=O)O)nnn2-c2cccc(F)c2)c1. The van der Waals surface area contributed by atoms with E-state index in [0.29, 0.717) is 16.9 Å². The molecule has 7 heteroatoms. The zero-order chi connectivity index (χ0) is 15.7. The summed E-state index contributed by atoms with van der Waals surface area (Å²) in [5, 5.41) is 16.8. The lowest BCUT2D eigenvalue weighted by molar-refractivity contribution is 0.0691. The fourth-order valence-corrected chi connectivity index (χ4v) is 2.16. The van der Waals surface area contributed by atoms with E-state index in [0.717, 1.165) is 0 Å². The molecule has 0 amide bonds. The molecule has 6 nitrogen and oxygen atoms in total. The first-order valence-electron chi connectivity index (χ1n) is 6.37. The molecule has 0 saturated carbocycles. The van der Waals surface area contributed by atoms with Gasteiger partial charge < -0.3 is 10.8 Å². The van der Waals surface area contributed by atoms with Gasteiger partial charge in [-0.25, -0.2) is 13.9 Å². The monoisotopic (exact) mass is 298 g/mol. The van der Waals surface area contributed by atoms with E-state index in [2.05, 4.69) is 10.3 Å². The Labute approximate surface area is 124 Å². The molecule has 3 rings (SSSR count). The Morgan fingerprint density at radius 3 is 2.64 bits per heavy atom. The number of nitrogens with zero attached hydrogens (tertiary/aromatic N) is 3. The van der Waals surface area contributed by atoms with Crippen LogP contribution in [-0.4, -0.2) is 26.1 Å². The van der Waals surface area contributed by atoms with Crippen molar-refractivity contribution in [2.75, 3.05) is 5.73 Å². The molecule has 0 bridgehead atoms. The summed E-state index contributed by atoms with van der Waals surface area (Å²) < 4.78 is 14.7. The van der Waals surface area contributed by atoms with E-state index < -0.39 is 11.8 Å². The second kappa shape index (κ2) is 5.28. The van der Waals surface area contributed by atoms with Crippen molar-refractivity contribution in [3.8, 4) is 16.9 Å². The molecule has 0 spiro atoms. The molecule has 0 atom stereocenters. The molecule has 110 valence electrons. The molecule has 0 radical (unpaired) electrons. The predicted octanol–water partition coefficient (Wildman–Crippen LogP) is 2.35. The van der Waals surface area contributed by atoms with Gasteiger partial charge in [0.15, 0.2) is 5.69 Å². The lowest BCUT2D eigenvalue weighted by atomic mass is 10.1. The number of carboxylic acid groups (broad SMARTS) is 1. The maximum Gasteiger partial charge on any atom is 0.358 e. The molecule has 0 fully saturated rings. The molecule has 22 heavy (non-hydrogen) atoms. The van der Waals surface area contributed by atoms with Crippen LogP contribution >= 0.6 is 0 Å². The van der Waals surface area contributed by atoms with Gasteiger partial charge in [-0.2, -0.15) is 0 Å². The van der Waals surface area contributed by atoms with Gasteiger partial charge in [-0.05, 0) is 30.3 Å². The molecular weight excluding hydrogens is 287 g/mol. The number of nitrogen functional groups attached to an aromatic ring is 1. The van der Waals surface area contributed by atoms with Gasteiger partial charge in [-0.15, -0.1) is 5.10 Å². The quantitative estimate of drug-likeness (QED) is 0.724. The normalized spacial score (nSPS) is 10.6. The highest BCUT2D eigenvalue weighted by atomic mass is 19.1. The topological polar surface area (TPSA) is 94.0 Å². The summed E-state index contributed by atoms with van der Waals surface area (Å²) >= 11 is 0. The first-order chi connectivity index (χ1) is 10.6. The molecule has 2 aromatic carbocycles. The largest absolute Gasteiger partial charge is 0.476 e. The number of benzene rings is 2. The van der Waals surface area contributed by atoms with Gasteiger partial charge in [-0.1, -0.05) is 23.4 Å². The van der Waals surface area contributed by atoms with Gasteiger partial charge in [0.05, 0.1) is 5.69 Å². The van der Waals surface area contributed by atoms with Crippen LogP contribution in [0.2, 0.25) is 0 Å². The van der Waals surface area contributed by atoms with Crippen LogP contribution in [0.4, 0.5) is 10.1 Å². The summed E-state index contributed by atoms with van der Waals surface area (Å²) in [7, 11) is 0. The lowest BCUT2D eigenvalue weighted by Crippen LogP contribution is -2.03. The summed E-state index contributed by atoms with van der Waals surface area (Å²) in [6.07, 6.45) is 0. The zero-order valence-corrected chi connectivity index (χ0v) is 11.3. The molecule has 0 aliphatic carbocycles. The molecule has 0 saturated heterocycles. The van der Waals surface area contributed by atoms with Crippen LogP contribution in [0, 0.1) is 5.82 Å². The average Bonchev–Trinajstić information content (AvgIpc) is 2.92. The fourth-order valence-electron chi connectivity index (χ4n) is 2.16. The van der Waals surface area contributed by atoms with Crippen molar-refractivity contribution in [1.82, 2.24) is 15.0 Å². The van der Waals surface area contributed by atoms with Crippen molar-refractivity contribution in [2.45, 2.75) is 0 Å². The second-order valence-electron chi connectivity index (χ2n) is 4.61. The minimum atomic E-state index is -1.22. The van der Waals surface area contributed by atoms with Gasteiger partial charge in [0.25, 0.3) is 0 Å². The third kappa shape index (κ3) is 2.39. The number of hydrogen-bond acceptors (Lipinski definition) is 4. The van der Waals surface area contributed by atoms with E-state index in [1.807, 2.05) is 0 Å². The minimum absolute atomic E-state index is 0.227. The van der Waals surface area contributed by atoms with Gasteiger partial charge in [0.2, 0.25) is 0 Å². The average molecular weight is 298 g/mol. The van der Waals surface area contributed by atoms with Crippen molar-refractivity contribution in [3.63, 3.8) is 0 Å². The summed E-state index contributed by atoms with van der Waals surface area (Å²) in [6.45, 7) is 0. The number of carbonyl (C=O) groups is 1. The van der Waals surface area contributed by atoms with E-state index in [4.69, 9.17) is 5.73 Å². The van der Waals surface area contributed by atoms with Crippen molar-refractivity contribution in [1.29, 1.82) is 0 Å². The highest BCUT2D eigenvalue weighted by Crippen LogP contribution is 2.27. The smallest absolute Gasteiger partial charge is 0.358 e. The minimum Gasteiger partial charge on any atom is -0.476 e. The van der Waals surface area contributed by atoms with E-state index in [1.165, 1.54) is 22.9 Å². The second-order valence-corrected chi connectivity index (χ2v) is 4.61. The van der Waals surface area contributed by atoms with Gasteiger partial charge >= 0.3 is 5.97 Å². The molecule has 0 aliphatic heterocycles. The Morgan fingerprint density at radius 2 is 1.95 bits per heavy atom. The highest BCUT2D eigenvalue weighted by Gasteiger charge is 2.21. The molecular formula is C15H11FN4O2. The van der Waals surface area contributed by atoms with Crippen LogP contribution in [0.15, 0.2) is 48.5 Å². The van der Waals surface area contributed by atoms with Crippen molar-refractivity contribution >= 4 is 11.7 Å². The van der Waals surface area contributed by atoms with E-state index in [1.54, 1.807) is 30.3 Å². The third-order valence-corrected chi connectivity index (χ3v) is 3.09. The molecule has 3 aromatic rings. The maximum atomic E-state index is 13.4. The molecule has 3 N–H and O–H groups in total. The number of rotatable bonds is 3. The molecule has 0 unspecified atom stereocenters. The number of aromatic nitrogens is 3. The molecule has 0 aliphatic rings. The van der Waals surface area contributed by atoms with Gasteiger partial charge in [0, 0.05) is 11.3 Å². The van der Waals surface area contributed by atoms with E-state index in [-0.39, 0.29) is 11.4 Å². The number of hydrogen-bond donors (Lipinski definition) is 2. The van der Waals surface area contributed by atoms with Crippen LogP contribution < -0.4 is 5.73 Å². The highest BCUT2D eigenvalue weighted by molar-refractivity contribution is 5.93. The third-order valence-electron chi connectivity index (χ3n) is 3.09. The lowest BCUT2D eigenvalue weighted by Gasteiger charge is -2.08.